The van der Waals surface area contributed by atoms with Crippen LogP contribution in [0.5, 0.6) is 0 Å². The van der Waals surface area contributed by atoms with Crippen LogP contribution in [0.2, 0.25) is 0 Å². The predicted molar refractivity (Wildman–Crippen MR) is 78.2 cm³/mol. The van der Waals surface area contributed by atoms with E-state index in [2.05, 4.69) is 21.2 Å². The lowest BCUT2D eigenvalue weighted by atomic mass is 10.2. The van der Waals surface area contributed by atoms with Crippen LogP contribution in [0.15, 0.2) is 45.8 Å². The normalized spacial score (nSPS) is 10.2. The highest BCUT2D eigenvalue weighted by Crippen LogP contribution is 2.21. The summed E-state index contributed by atoms with van der Waals surface area (Å²) in [5.41, 5.74) is 7.14. The molecule has 0 saturated heterocycles. The van der Waals surface area contributed by atoms with E-state index in [0.29, 0.717) is 21.4 Å². The Hall–Kier alpha value is -2.08. The predicted octanol–water partition coefficient (Wildman–Crippen LogP) is 1.98. The van der Waals surface area contributed by atoms with Gasteiger partial charge in [0.2, 0.25) is 5.56 Å². The molecule has 0 bridgehead atoms. The van der Waals surface area contributed by atoms with E-state index < -0.39 is 0 Å². The molecule has 0 radical (unpaired) electrons. The Balaban J connectivity index is 2.22. The van der Waals surface area contributed by atoms with Crippen molar-refractivity contribution in [3.63, 3.8) is 0 Å². The molecule has 1 amide bonds. The summed E-state index contributed by atoms with van der Waals surface area (Å²) in [6.45, 7) is 0. The van der Waals surface area contributed by atoms with Gasteiger partial charge < -0.3 is 15.6 Å². The molecule has 2 rings (SSSR count). The summed E-state index contributed by atoms with van der Waals surface area (Å²) < 4.78 is 2.06. The Labute approximate surface area is 118 Å². The quantitative estimate of drug-likeness (QED) is 0.830. The summed E-state index contributed by atoms with van der Waals surface area (Å²) >= 11 is 3.27. The number of nitrogens with two attached hydrogens (primary N) is 1. The minimum absolute atomic E-state index is 0.131. The number of pyridine rings is 1. The molecule has 0 spiro atoms. The van der Waals surface area contributed by atoms with Gasteiger partial charge in [-0.2, -0.15) is 0 Å². The molecule has 0 unspecified atom stereocenters. The molecule has 6 heteroatoms. The number of rotatable bonds is 2. The average Bonchev–Trinajstić information content (AvgIpc) is 2.37. The highest BCUT2D eigenvalue weighted by Gasteiger charge is 2.08. The van der Waals surface area contributed by atoms with Gasteiger partial charge in [-0.15, -0.1) is 0 Å². The van der Waals surface area contributed by atoms with Gasteiger partial charge in [-0.1, -0.05) is 0 Å². The summed E-state index contributed by atoms with van der Waals surface area (Å²) in [5.74, 6) is -0.264. The van der Waals surface area contributed by atoms with Gasteiger partial charge in [0.15, 0.2) is 0 Å². The molecular weight excluding hydrogens is 310 g/mol. The summed E-state index contributed by atoms with van der Waals surface area (Å²) in [6, 6.07) is 7.89. The Morgan fingerprint density at radius 1 is 1.32 bits per heavy atom. The number of nitrogen functional groups attached to an aromatic ring is 1. The SMILES string of the molecule is Cn1cc(NC(=O)c2ccc(N)c(Br)c2)ccc1=O. The zero-order chi connectivity index (χ0) is 14.0. The highest BCUT2D eigenvalue weighted by atomic mass is 79.9. The fourth-order valence-corrected chi connectivity index (χ4v) is 1.92. The third-order valence-corrected chi connectivity index (χ3v) is 3.29. The highest BCUT2D eigenvalue weighted by molar-refractivity contribution is 9.10. The number of carbonyl (C=O) groups excluding carboxylic acids is 1. The van der Waals surface area contributed by atoms with Gasteiger partial charge in [0, 0.05) is 35.0 Å². The van der Waals surface area contributed by atoms with E-state index in [1.165, 1.54) is 10.6 Å². The van der Waals surface area contributed by atoms with E-state index in [0.717, 1.165) is 0 Å². The summed E-state index contributed by atoms with van der Waals surface area (Å²) in [4.78, 5) is 23.3. The molecule has 0 atom stereocenters. The lowest BCUT2D eigenvalue weighted by molar-refractivity contribution is 0.102. The van der Waals surface area contributed by atoms with Crippen molar-refractivity contribution in [2.24, 2.45) is 7.05 Å². The number of carbonyl (C=O) groups is 1. The Bertz CT molecular complexity index is 695. The fraction of sp³-hybridized carbons (Fsp3) is 0.0769. The number of nitrogens with zero attached hydrogens (tertiary/aromatic N) is 1. The van der Waals surface area contributed by atoms with Crippen molar-refractivity contribution in [2.45, 2.75) is 0 Å². The van der Waals surface area contributed by atoms with Crippen molar-refractivity contribution in [1.29, 1.82) is 0 Å². The number of halogens is 1. The van der Waals surface area contributed by atoms with E-state index in [-0.39, 0.29) is 11.5 Å². The van der Waals surface area contributed by atoms with Crippen LogP contribution in [0.25, 0.3) is 0 Å². The molecule has 0 fully saturated rings. The molecule has 2 aromatic rings. The Morgan fingerprint density at radius 3 is 2.68 bits per heavy atom. The smallest absolute Gasteiger partial charge is 0.255 e. The number of nitrogens with one attached hydrogen (secondary N) is 1. The van der Waals surface area contributed by atoms with Crippen molar-refractivity contribution in [1.82, 2.24) is 4.57 Å². The van der Waals surface area contributed by atoms with Crippen LogP contribution in [-0.4, -0.2) is 10.5 Å². The van der Waals surface area contributed by atoms with Crippen molar-refractivity contribution in [2.75, 3.05) is 11.1 Å². The van der Waals surface area contributed by atoms with Crippen molar-refractivity contribution >= 4 is 33.2 Å². The van der Waals surface area contributed by atoms with Crippen LogP contribution in [0.1, 0.15) is 10.4 Å². The minimum atomic E-state index is -0.264. The maximum Gasteiger partial charge on any atom is 0.255 e. The van der Waals surface area contributed by atoms with E-state index in [1.54, 1.807) is 37.5 Å². The second kappa shape index (κ2) is 5.27. The zero-order valence-electron chi connectivity index (χ0n) is 10.2. The number of benzene rings is 1. The molecule has 5 nitrogen and oxygen atoms in total. The van der Waals surface area contributed by atoms with E-state index in [1.807, 2.05) is 0 Å². The molecule has 0 aliphatic rings. The molecule has 3 N–H and O–H groups in total. The summed E-state index contributed by atoms with van der Waals surface area (Å²) in [7, 11) is 1.62. The van der Waals surface area contributed by atoms with Crippen molar-refractivity contribution in [3.05, 3.63) is 56.9 Å². The number of amides is 1. The van der Waals surface area contributed by atoms with Crippen LogP contribution in [-0.2, 0) is 7.05 Å². The second-order valence-electron chi connectivity index (χ2n) is 4.06. The van der Waals surface area contributed by atoms with Gasteiger partial charge >= 0.3 is 0 Å². The van der Waals surface area contributed by atoms with Crippen LogP contribution < -0.4 is 16.6 Å². The lowest BCUT2D eigenvalue weighted by Crippen LogP contribution is -2.18. The van der Waals surface area contributed by atoms with Crippen molar-refractivity contribution < 1.29 is 4.79 Å². The average molecular weight is 322 g/mol. The monoisotopic (exact) mass is 321 g/mol. The Kier molecular flexibility index (Phi) is 3.71. The summed E-state index contributed by atoms with van der Waals surface area (Å²) in [5, 5.41) is 2.71. The van der Waals surface area contributed by atoms with Gasteiger partial charge in [-0.25, -0.2) is 0 Å². The van der Waals surface area contributed by atoms with Crippen molar-refractivity contribution in [3.8, 4) is 0 Å². The maximum atomic E-state index is 12.0. The van der Waals surface area contributed by atoms with Gasteiger partial charge in [-0.3, -0.25) is 9.59 Å². The molecule has 98 valence electrons. The van der Waals surface area contributed by atoms with Crippen LogP contribution >= 0.6 is 15.9 Å². The lowest BCUT2D eigenvalue weighted by Gasteiger charge is -2.07. The number of hydrogen-bond acceptors (Lipinski definition) is 3. The molecule has 1 heterocycles. The van der Waals surface area contributed by atoms with E-state index in [4.69, 9.17) is 5.73 Å². The van der Waals surface area contributed by atoms with Gasteiger partial charge in [-0.05, 0) is 40.2 Å². The first kappa shape index (κ1) is 13.4. The van der Waals surface area contributed by atoms with Crippen LogP contribution in [0.4, 0.5) is 11.4 Å². The molecule has 0 saturated carbocycles. The third kappa shape index (κ3) is 3.03. The fourth-order valence-electron chi connectivity index (χ4n) is 1.54. The van der Waals surface area contributed by atoms with Gasteiger partial charge in [0.05, 0.1) is 5.69 Å². The first-order chi connectivity index (χ1) is 8.97. The number of hydrogen-bond donors (Lipinski definition) is 2. The topological polar surface area (TPSA) is 77.1 Å². The third-order valence-electron chi connectivity index (χ3n) is 2.61. The largest absolute Gasteiger partial charge is 0.398 e. The van der Waals surface area contributed by atoms with Gasteiger partial charge in [0.1, 0.15) is 0 Å². The number of anilines is 2. The molecule has 1 aromatic carbocycles. The van der Waals surface area contributed by atoms with E-state index >= 15 is 0 Å². The molecule has 0 aliphatic carbocycles. The Morgan fingerprint density at radius 2 is 2.05 bits per heavy atom. The minimum Gasteiger partial charge on any atom is -0.398 e. The second-order valence-corrected chi connectivity index (χ2v) is 4.91. The first-order valence-electron chi connectivity index (χ1n) is 5.50. The number of aryl methyl sites for hydroxylation is 1. The molecule has 19 heavy (non-hydrogen) atoms. The van der Waals surface area contributed by atoms with E-state index in [9.17, 15) is 9.59 Å². The first-order valence-corrected chi connectivity index (χ1v) is 6.30. The molecule has 1 aromatic heterocycles. The zero-order valence-corrected chi connectivity index (χ0v) is 11.8. The molecule has 0 aliphatic heterocycles. The molecular formula is C13H12BrN3O2. The maximum absolute atomic E-state index is 12.0. The van der Waals surface area contributed by atoms with Crippen LogP contribution in [0, 0.1) is 0 Å². The standard InChI is InChI=1S/C13H12BrN3O2/c1-17-7-9(3-5-12(17)18)16-13(19)8-2-4-11(15)10(14)6-8/h2-7H,15H2,1H3,(H,16,19). The summed E-state index contributed by atoms with van der Waals surface area (Å²) in [6.07, 6.45) is 1.56. The number of aromatic nitrogens is 1. The van der Waals surface area contributed by atoms with Gasteiger partial charge in [0.25, 0.3) is 5.91 Å². The van der Waals surface area contributed by atoms with Crippen LogP contribution in [0.3, 0.4) is 0 Å².